The SMILES string of the molecule is COC(OC)c1ccc([N+](=O)[O-])c(Nc2nc(-c3ccccc3Cl)c(C(N)=O)s2)c1. The van der Waals surface area contributed by atoms with E-state index in [2.05, 4.69) is 10.3 Å². The molecule has 0 saturated carbocycles. The van der Waals surface area contributed by atoms with E-state index >= 15 is 0 Å². The molecule has 0 bridgehead atoms. The molecule has 0 radical (unpaired) electrons. The third-order valence-electron chi connectivity index (χ3n) is 4.14. The fourth-order valence-electron chi connectivity index (χ4n) is 2.82. The maximum absolute atomic E-state index is 11.9. The average molecular weight is 449 g/mol. The summed E-state index contributed by atoms with van der Waals surface area (Å²) in [5.74, 6) is -0.683. The molecule has 1 aromatic heterocycles. The van der Waals surface area contributed by atoms with E-state index in [-0.39, 0.29) is 21.4 Å². The summed E-state index contributed by atoms with van der Waals surface area (Å²) in [5, 5.41) is 15.0. The van der Waals surface area contributed by atoms with Crippen molar-refractivity contribution in [1.82, 2.24) is 4.98 Å². The number of nitro groups is 1. The first kappa shape index (κ1) is 21.7. The summed E-state index contributed by atoms with van der Waals surface area (Å²) in [7, 11) is 2.91. The number of primary amides is 1. The number of rotatable bonds is 8. The Hall–Kier alpha value is -3.05. The predicted molar refractivity (Wildman–Crippen MR) is 114 cm³/mol. The topological polar surface area (TPSA) is 130 Å². The summed E-state index contributed by atoms with van der Waals surface area (Å²) in [4.78, 5) is 27.5. The van der Waals surface area contributed by atoms with Gasteiger partial charge in [0.05, 0.1) is 15.6 Å². The van der Waals surface area contributed by atoms with E-state index in [9.17, 15) is 14.9 Å². The van der Waals surface area contributed by atoms with Gasteiger partial charge in [-0.25, -0.2) is 4.98 Å². The summed E-state index contributed by atoms with van der Waals surface area (Å²) >= 11 is 7.21. The van der Waals surface area contributed by atoms with Crippen molar-refractivity contribution < 1.29 is 19.2 Å². The maximum Gasteiger partial charge on any atom is 0.292 e. The Bertz CT molecular complexity index is 1100. The normalized spacial score (nSPS) is 10.9. The highest BCUT2D eigenvalue weighted by atomic mass is 35.5. The molecule has 1 amide bonds. The highest BCUT2D eigenvalue weighted by molar-refractivity contribution is 7.18. The molecule has 2 aromatic carbocycles. The number of methoxy groups -OCH3 is 2. The van der Waals surface area contributed by atoms with E-state index in [0.29, 0.717) is 21.8 Å². The Labute approximate surface area is 180 Å². The summed E-state index contributed by atoms with van der Waals surface area (Å²) in [6, 6.07) is 11.3. The Kier molecular flexibility index (Phi) is 6.63. The summed E-state index contributed by atoms with van der Waals surface area (Å²) in [6.07, 6.45) is -0.706. The van der Waals surface area contributed by atoms with Crippen LogP contribution < -0.4 is 11.1 Å². The number of nitrogens with two attached hydrogens (primary N) is 1. The first-order chi connectivity index (χ1) is 14.3. The van der Waals surface area contributed by atoms with Gasteiger partial charge in [-0.15, -0.1) is 0 Å². The fourth-order valence-corrected chi connectivity index (χ4v) is 3.89. The number of halogens is 1. The van der Waals surface area contributed by atoms with Crippen molar-refractivity contribution in [1.29, 1.82) is 0 Å². The van der Waals surface area contributed by atoms with Crippen LogP contribution in [0.4, 0.5) is 16.5 Å². The molecule has 0 fully saturated rings. The monoisotopic (exact) mass is 448 g/mol. The molecule has 0 aliphatic rings. The lowest BCUT2D eigenvalue weighted by Crippen LogP contribution is -2.10. The van der Waals surface area contributed by atoms with Crippen LogP contribution in [0.2, 0.25) is 5.02 Å². The third kappa shape index (κ3) is 4.41. The van der Waals surface area contributed by atoms with Crippen molar-refractivity contribution in [2.24, 2.45) is 5.73 Å². The summed E-state index contributed by atoms with van der Waals surface area (Å²) in [5.41, 5.74) is 6.87. The number of aromatic nitrogens is 1. The minimum absolute atomic E-state index is 0.159. The van der Waals surface area contributed by atoms with Gasteiger partial charge in [0.2, 0.25) is 0 Å². The van der Waals surface area contributed by atoms with Crippen LogP contribution in [0.1, 0.15) is 21.5 Å². The zero-order chi connectivity index (χ0) is 21.8. The molecular weight excluding hydrogens is 432 g/mol. The maximum atomic E-state index is 11.9. The van der Waals surface area contributed by atoms with Crippen molar-refractivity contribution in [3.05, 3.63) is 68.0 Å². The van der Waals surface area contributed by atoms with E-state index in [4.69, 9.17) is 26.8 Å². The van der Waals surface area contributed by atoms with Gasteiger partial charge < -0.3 is 20.5 Å². The van der Waals surface area contributed by atoms with E-state index in [1.807, 2.05) is 0 Å². The first-order valence-corrected chi connectivity index (χ1v) is 9.71. The number of anilines is 2. The zero-order valence-corrected chi connectivity index (χ0v) is 17.5. The lowest BCUT2D eigenvalue weighted by atomic mass is 10.1. The summed E-state index contributed by atoms with van der Waals surface area (Å²) < 4.78 is 10.4. The van der Waals surface area contributed by atoms with Gasteiger partial charge in [0.25, 0.3) is 11.6 Å². The quantitative estimate of drug-likeness (QED) is 0.294. The number of hydrogen-bond donors (Lipinski definition) is 2. The number of benzene rings is 2. The third-order valence-corrected chi connectivity index (χ3v) is 5.45. The van der Waals surface area contributed by atoms with E-state index in [1.165, 1.54) is 32.4 Å². The van der Waals surface area contributed by atoms with E-state index in [0.717, 1.165) is 11.3 Å². The van der Waals surface area contributed by atoms with Crippen LogP contribution in [0.15, 0.2) is 42.5 Å². The van der Waals surface area contributed by atoms with Crippen LogP contribution in [0.3, 0.4) is 0 Å². The first-order valence-electron chi connectivity index (χ1n) is 8.52. The lowest BCUT2D eigenvalue weighted by molar-refractivity contribution is -0.383. The Morgan fingerprint density at radius 1 is 1.27 bits per heavy atom. The molecule has 0 atom stereocenters. The van der Waals surface area contributed by atoms with Crippen LogP contribution in [0, 0.1) is 10.1 Å². The molecular formula is C19H17ClN4O5S. The minimum atomic E-state index is -0.706. The number of ether oxygens (including phenoxy) is 2. The smallest absolute Gasteiger partial charge is 0.292 e. The van der Waals surface area contributed by atoms with Crippen molar-refractivity contribution in [2.45, 2.75) is 6.29 Å². The van der Waals surface area contributed by atoms with Crippen molar-refractivity contribution in [2.75, 3.05) is 19.5 Å². The van der Waals surface area contributed by atoms with E-state index in [1.54, 1.807) is 24.3 Å². The van der Waals surface area contributed by atoms with E-state index < -0.39 is 17.1 Å². The molecule has 0 saturated heterocycles. The fraction of sp³-hybridized carbons (Fsp3) is 0.158. The Morgan fingerprint density at radius 3 is 2.57 bits per heavy atom. The molecule has 3 aromatic rings. The molecule has 0 aliphatic heterocycles. The van der Waals surface area contributed by atoms with Gasteiger partial charge in [-0.3, -0.25) is 14.9 Å². The Balaban J connectivity index is 2.07. The van der Waals surface area contributed by atoms with Crippen LogP contribution >= 0.6 is 22.9 Å². The molecule has 11 heteroatoms. The standard InChI is InChI=1S/C19H17ClN4O5S/c1-28-18(29-2)10-7-8-14(24(26)27)13(9-10)22-19-23-15(16(30-19)17(21)25)11-5-3-4-6-12(11)20/h3-9,18H,1-2H3,(H2,21,25)(H,22,23). The highest BCUT2D eigenvalue weighted by Crippen LogP contribution is 2.38. The number of nitro benzene ring substituents is 1. The van der Waals surface area contributed by atoms with Gasteiger partial charge in [-0.2, -0.15) is 0 Å². The molecule has 3 N–H and O–H groups in total. The molecule has 156 valence electrons. The zero-order valence-electron chi connectivity index (χ0n) is 15.9. The molecule has 1 heterocycles. The number of nitrogens with one attached hydrogen (secondary N) is 1. The summed E-state index contributed by atoms with van der Waals surface area (Å²) in [6.45, 7) is 0. The van der Waals surface area contributed by atoms with Crippen molar-refractivity contribution >= 4 is 45.4 Å². The van der Waals surface area contributed by atoms with Crippen LogP contribution in [-0.2, 0) is 9.47 Å². The van der Waals surface area contributed by atoms with Gasteiger partial charge >= 0.3 is 0 Å². The average Bonchev–Trinajstić information content (AvgIpc) is 3.13. The van der Waals surface area contributed by atoms with Crippen LogP contribution in [-0.4, -0.2) is 30.0 Å². The van der Waals surface area contributed by atoms with Gasteiger partial charge in [-0.1, -0.05) is 41.1 Å². The number of amides is 1. The molecule has 30 heavy (non-hydrogen) atoms. The molecule has 0 unspecified atom stereocenters. The largest absolute Gasteiger partial charge is 0.365 e. The molecule has 3 rings (SSSR count). The minimum Gasteiger partial charge on any atom is -0.365 e. The molecule has 9 nitrogen and oxygen atoms in total. The van der Waals surface area contributed by atoms with Gasteiger partial charge in [0.15, 0.2) is 11.4 Å². The second-order valence-electron chi connectivity index (χ2n) is 6.00. The predicted octanol–water partition coefficient (Wildman–Crippen LogP) is 4.51. The van der Waals surface area contributed by atoms with Gasteiger partial charge in [0, 0.05) is 31.4 Å². The van der Waals surface area contributed by atoms with Crippen molar-refractivity contribution in [3.8, 4) is 11.3 Å². The van der Waals surface area contributed by atoms with Gasteiger partial charge in [-0.05, 0) is 18.2 Å². The number of carbonyl (C=O) groups excluding carboxylic acids is 1. The number of nitrogens with zero attached hydrogens (tertiary/aromatic N) is 2. The number of carbonyl (C=O) groups is 1. The Morgan fingerprint density at radius 2 is 1.97 bits per heavy atom. The van der Waals surface area contributed by atoms with Gasteiger partial charge in [0.1, 0.15) is 10.6 Å². The highest BCUT2D eigenvalue weighted by Gasteiger charge is 2.23. The molecule has 0 aliphatic carbocycles. The second kappa shape index (κ2) is 9.18. The van der Waals surface area contributed by atoms with Crippen LogP contribution in [0.5, 0.6) is 0 Å². The van der Waals surface area contributed by atoms with Crippen molar-refractivity contribution in [3.63, 3.8) is 0 Å². The number of hydrogen-bond acceptors (Lipinski definition) is 8. The lowest BCUT2D eigenvalue weighted by Gasteiger charge is -2.15. The second-order valence-corrected chi connectivity index (χ2v) is 7.41. The van der Waals surface area contributed by atoms with Crippen LogP contribution in [0.25, 0.3) is 11.3 Å². The molecule has 0 spiro atoms. The number of thiazole rings is 1.